The van der Waals surface area contributed by atoms with E-state index in [0.717, 1.165) is 0 Å². The molecule has 0 aliphatic carbocycles. The van der Waals surface area contributed by atoms with E-state index in [1.54, 1.807) is 49.5 Å². The molecule has 1 aliphatic rings. The number of carbonyl (C=O) groups excluding carboxylic acids is 1. The number of anilines is 1. The van der Waals surface area contributed by atoms with Crippen molar-refractivity contribution in [2.75, 3.05) is 23.7 Å². The highest BCUT2D eigenvalue weighted by Crippen LogP contribution is 2.24. The summed E-state index contributed by atoms with van der Waals surface area (Å²) >= 11 is 0. The number of nitrogens with zero attached hydrogens (tertiary/aromatic N) is 2. The first-order chi connectivity index (χ1) is 11.9. The normalized spacial score (nSPS) is 16.0. The van der Waals surface area contributed by atoms with Crippen LogP contribution in [0.1, 0.15) is 22.3 Å². The van der Waals surface area contributed by atoms with Gasteiger partial charge in [0.15, 0.2) is 0 Å². The highest BCUT2D eigenvalue weighted by Gasteiger charge is 2.28. The zero-order chi connectivity index (χ0) is 18.0. The van der Waals surface area contributed by atoms with Gasteiger partial charge in [-0.15, -0.1) is 0 Å². The summed E-state index contributed by atoms with van der Waals surface area (Å²) in [6.45, 7) is 0.622. The molecule has 3 rings (SSSR count). The number of hydrogen-bond donors (Lipinski definition) is 0. The van der Waals surface area contributed by atoms with Crippen LogP contribution in [0, 0.1) is 5.82 Å². The van der Waals surface area contributed by atoms with Crippen molar-refractivity contribution >= 4 is 21.6 Å². The van der Waals surface area contributed by atoms with E-state index < -0.39 is 10.0 Å². The smallest absolute Gasteiger partial charge is 0.253 e. The molecule has 5 nitrogen and oxygen atoms in total. The highest BCUT2D eigenvalue weighted by atomic mass is 32.2. The first-order valence-electron chi connectivity index (χ1n) is 7.98. The van der Waals surface area contributed by atoms with Crippen LogP contribution in [0.5, 0.6) is 0 Å². The van der Waals surface area contributed by atoms with Gasteiger partial charge in [-0.05, 0) is 36.8 Å². The lowest BCUT2D eigenvalue weighted by Gasteiger charge is -2.19. The maximum Gasteiger partial charge on any atom is 0.253 e. The van der Waals surface area contributed by atoms with Crippen LogP contribution in [-0.4, -0.2) is 38.6 Å². The van der Waals surface area contributed by atoms with Crippen molar-refractivity contribution in [3.8, 4) is 0 Å². The molecule has 0 spiro atoms. The first kappa shape index (κ1) is 17.4. The summed E-state index contributed by atoms with van der Waals surface area (Å²) in [6, 6.07) is 12.8. The van der Waals surface area contributed by atoms with Gasteiger partial charge >= 0.3 is 0 Å². The molecule has 1 heterocycles. The Morgan fingerprint density at radius 2 is 1.84 bits per heavy atom. The van der Waals surface area contributed by atoms with Gasteiger partial charge in [0.1, 0.15) is 5.82 Å². The SMILES string of the molecule is CN(Cc1ccccc1F)C(=O)c1ccc(N2CCCS2(=O)=O)cc1. The summed E-state index contributed by atoms with van der Waals surface area (Å²) < 4.78 is 39.0. The molecule has 0 N–H and O–H groups in total. The second kappa shape index (κ2) is 6.84. The van der Waals surface area contributed by atoms with Crippen molar-refractivity contribution in [1.29, 1.82) is 0 Å². The quantitative estimate of drug-likeness (QED) is 0.840. The van der Waals surface area contributed by atoms with Crippen molar-refractivity contribution in [1.82, 2.24) is 4.90 Å². The van der Waals surface area contributed by atoms with Gasteiger partial charge in [-0.3, -0.25) is 9.10 Å². The van der Waals surface area contributed by atoms with Crippen molar-refractivity contribution in [3.63, 3.8) is 0 Å². The molecule has 7 heteroatoms. The fraction of sp³-hybridized carbons (Fsp3) is 0.278. The molecule has 0 unspecified atom stereocenters. The number of amides is 1. The summed E-state index contributed by atoms with van der Waals surface area (Å²) in [5.41, 5.74) is 1.43. The average molecular weight is 362 g/mol. The highest BCUT2D eigenvalue weighted by molar-refractivity contribution is 7.93. The molecule has 132 valence electrons. The molecule has 1 amide bonds. The van der Waals surface area contributed by atoms with Gasteiger partial charge in [-0.1, -0.05) is 18.2 Å². The van der Waals surface area contributed by atoms with E-state index in [1.807, 2.05) is 0 Å². The molecule has 0 bridgehead atoms. The fourth-order valence-corrected chi connectivity index (χ4v) is 4.44. The summed E-state index contributed by atoms with van der Waals surface area (Å²) in [6.07, 6.45) is 0.606. The second-order valence-corrected chi connectivity index (χ2v) is 8.05. The van der Waals surface area contributed by atoms with Crippen LogP contribution >= 0.6 is 0 Å². The molecule has 0 aromatic heterocycles. The zero-order valence-electron chi connectivity index (χ0n) is 13.9. The third-order valence-electron chi connectivity index (χ3n) is 4.21. The lowest BCUT2D eigenvalue weighted by atomic mass is 10.1. The molecule has 0 radical (unpaired) electrons. The summed E-state index contributed by atoms with van der Waals surface area (Å²) in [5.74, 6) is -0.449. The van der Waals surface area contributed by atoms with Crippen LogP contribution < -0.4 is 4.31 Å². The van der Waals surface area contributed by atoms with E-state index in [1.165, 1.54) is 15.3 Å². The lowest BCUT2D eigenvalue weighted by molar-refractivity contribution is 0.0784. The topological polar surface area (TPSA) is 57.7 Å². The predicted molar refractivity (Wildman–Crippen MR) is 94.4 cm³/mol. The molecular weight excluding hydrogens is 343 g/mol. The first-order valence-corrected chi connectivity index (χ1v) is 9.59. The molecule has 1 fully saturated rings. The molecule has 2 aromatic rings. The minimum absolute atomic E-state index is 0.152. The van der Waals surface area contributed by atoms with Gasteiger partial charge in [-0.25, -0.2) is 12.8 Å². The lowest BCUT2D eigenvalue weighted by Crippen LogP contribution is -2.27. The third-order valence-corrected chi connectivity index (χ3v) is 6.08. The minimum atomic E-state index is -3.24. The van der Waals surface area contributed by atoms with Gasteiger partial charge < -0.3 is 4.90 Å². The van der Waals surface area contributed by atoms with Crippen LogP contribution in [0.3, 0.4) is 0 Å². The maximum absolute atomic E-state index is 13.7. The van der Waals surface area contributed by atoms with Crippen molar-refractivity contribution in [3.05, 3.63) is 65.5 Å². The van der Waals surface area contributed by atoms with Gasteiger partial charge in [0.2, 0.25) is 10.0 Å². The number of sulfonamides is 1. The average Bonchev–Trinajstić information content (AvgIpc) is 2.95. The summed E-state index contributed by atoms with van der Waals surface area (Å²) in [5, 5.41) is 0. The molecule has 2 aromatic carbocycles. The molecule has 0 saturated carbocycles. The van der Waals surface area contributed by atoms with Crippen molar-refractivity contribution < 1.29 is 17.6 Å². The predicted octanol–water partition coefficient (Wildman–Crippen LogP) is 2.64. The Morgan fingerprint density at radius 1 is 1.16 bits per heavy atom. The Bertz CT molecular complexity index is 881. The van der Waals surface area contributed by atoms with Gasteiger partial charge in [0.05, 0.1) is 11.4 Å². The van der Waals surface area contributed by atoms with E-state index in [9.17, 15) is 17.6 Å². The number of carbonyl (C=O) groups is 1. The van der Waals surface area contributed by atoms with Crippen LogP contribution in [0.4, 0.5) is 10.1 Å². The molecule has 0 atom stereocenters. The Kier molecular flexibility index (Phi) is 4.76. The number of hydrogen-bond acceptors (Lipinski definition) is 3. The summed E-state index contributed by atoms with van der Waals surface area (Å²) in [4.78, 5) is 13.9. The standard InChI is InChI=1S/C18H19FN2O3S/c1-20(13-15-5-2-3-6-17(15)19)18(22)14-7-9-16(10-8-14)21-11-4-12-25(21,23)24/h2-3,5-10H,4,11-13H2,1H3. The third kappa shape index (κ3) is 3.66. The Balaban J connectivity index is 1.73. The van der Waals surface area contributed by atoms with Crippen LogP contribution in [0.25, 0.3) is 0 Å². The van der Waals surface area contributed by atoms with E-state index in [-0.39, 0.29) is 24.0 Å². The number of halogens is 1. The maximum atomic E-state index is 13.7. The van der Waals surface area contributed by atoms with E-state index in [2.05, 4.69) is 0 Å². The van der Waals surface area contributed by atoms with Crippen LogP contribution in [-0.2, 0) is 16.6 Å². The summed E-state index contributed by atoms with van der Waals surface area (Å²) in [7, 11) is -1.63. The van der Waals surface area contributed by atoms with Crippen LogP contribution in [0.15, 0.2) is 48.5 Å². The van der Waals surface area contributed by atoms with Gasteiger partial charge in [-0.2, -0.15) is 0 Å². The molecule has 1 saturated heterocycles. The molecular formula is C18H19FN2O3S. The van der Waals surface area contributed by atoms with E-state index in [4.69, 9.17) is 0 Å². The fourth-order valence-electron chi connectivity index (χ4n) is 2.87. The van der Waals surface area contributed by atoms with E-state index >= 15 is 0 Å². The number of rotatable bonds is 4. The van der Waals surface area contributed by atoms with E-state index in [0.29, 0.717) is 29.8 Å². The van der Waals surface area contributed by atoms with Crippen LogP contribution in [0.2, 0.25) is 0 Å². The van der Waals surface area contributed by atoms with Gasteiger partial charge in [0, 0.05) is 31.3 Å². The Labute approximate surface area is 146 Å². The Hall–Kier alpha value is -2.41. The largest absolute Gasteiger partial charge is 0.337 e. The molecule has 1 aliphatic heterocycles. The number of benzene rings is 2. The molecule has 25 heavy (non-hydrogen) atoms. The second-order valence-electron chi connectivity index (χ2n) is 6.04. The van der Waals surface area contributed by atoms with Crippen molar-refractivity contribution in [2.45, 2.75) is 13.0 Å². The minimum Gasteiger partial charge on any atom is -0.337 e. The van der Waals surface area contributed by atoms with Crippen molar-refractivity contribution in [2.24, 2.45) is 0 Å². The monoisotopic (exact) mass is 362 g/mol. The Morgan fingerprint density at radius 3 is 2.44 bits per heavy atom. The van der Waals surface area contributed by atoms with Gasteiger partial charge in [0.25, 0.3) is 5.91 Å². The zero-order valence-corrected chi connectivity index (χ0v) is 14.7.